The number of hydrogen-bond donors (Lipinski definition) is 13. The normalized spacial score (nSPS) is 15.5. The number of hydrogen-bond acceptors (Lipinski definition) is 14. The summed E-state index contributed by atoms with van der Waals surface area (Å²) < 4.78 is 0. The van der Waals surface area contributed by atoms with Crippen molar-refractivity contribution >= 4 is 81.1 Å². The fourth-order valence-electron chi connectivity index (χ4n) is 9.37. The van der Waals surface area contributed by atoms with Gasteiger partial charge in [-0.25, -0.2) is 14.4 Å². The maximum atomic E-state index is 14.1. The Hall–Kier alpha value is -7.48. The molecular formula is C53H75N9O16. The lowest BCUT2D eigenvalue weighted by Gasteiger charge is -2.30. The van der Waals surface area contributed by atoms with Crippen molar-refractivity contribution in [2.45, 2.75) is 95.2 Å². The second-order valence-electron chi connectivity index (χ2n) is 19.5. The molecule has 0 bridgehead atoms. The monoisotopic (exact) mass is 1090 g/mol. The highest BCUT2D eigenvalue weighted by Crippen LogP contribution is 2.31. The van der Waals surface area contributed by atoms with Crippen LogP contribution < -0.4 is 37.2 Å². The van der Waals surface area contributed by atoms with E-state index in [0.29, 0.717) is 51.5 Å². The van der Waals surface area contributed by atoms with Crippen molar-refractivity contribution in [3.05, 3.63) is 60.2 Å². The van der Waals surface area contributed by atoms with Crippen LogP contribution in [0.1, 0.15) is 76.2 Å². The van der Waals surface area contributed by atoms with E-state index < -0.39 is 71.8 Å². The Labute approximate surface area is 451 Å². The number of aliphatic carboxylic acids is 6. The lowest BCUT2D eigenvalue weighted by Crippen LogP contribution is -2.51. The highest BCUT2D eigenvalue weighted by Gasteiger charge is 2.31. The van der Waals surface area contributed by atoms with E-state index in [2.05, 4.69) is 43.3 Å². The van der Waals surface area contributed by atoms with Crippen LogP contribution >= 0.6 is 0 Å². The standard InChI is InChI=1S/C53H75N9O16/c63-44(32-61(23-21-54-30-46(66)67)25-26-62(33-48(70)71)24-22-55-31-47(68)69)57-29-34-16-18-35(19-17-34)49(72)58-43(28-40-38-11-5-3-9-36(38)27-37-10-4-6-12-39(37)40)50(73)56-20-7-1-2-13-41(51(74)75)59-53(78)60-42(52(76)77)14-8-15-45(64)65/h3-6,9-12,27,34-35,41-43,54-55H,1-2,7-8,13-26,28-33H2,(H,56,73)(H,57,63)(H,58,72)(H,64,65)(H,66,67)(H,68,69)(H,70,71)(H,74,75)(H,76,77)(H2,59,60,78)/t34?,35?,41-,42-,43-/m0/s1. The van der Waals surface area contributed by atoms with Crippen molar-refractivity contribution in [1.82, 2.24) is 47.0 Å². The van der Waals surface area contributed by atoms with Gasteiger partial charge in [-0.3, -0.25) is 43.4 Å². The van der Waals surface area contributed by atoms with Gasteiger partial charge in [0.25, 0.3) is 0 Å². The van der Waals surface area contributed by atoms with Crippen molar-refractivity contribution in [3.8, 4) is 0 Å². The molecule has 1 saturated carbocycles. The molecule has 13 N–H and O–H groups in total. The van der Waals surface area contributed by atoms with Crippen LogP contribution in [-0.2, 0) is 49.6 Å². The maximum absolute atomic E-state index is 14.1. The van der Waals surface area contributed by atoms with E-state index in [1.165, 1.54) is 0 Å². The fraction of sp³-hybridized carbons (Fsp3) is 0.547. The van der Waals surface area contributed by atoms with Gasteiger partial charge in [-0.1, -0.05) is 61.4 Å². The van der Waals surface area contributed by atoms with Crippen molar-refractivity contribution in [3.63, 3.8) is 0 Å². The van der Waals surface area contributed by atoms with Gasteiger partial charge in [0.15, 0.2) is 0 Å². The summed E-state index contributed by atoms with van der Waals surface area (Å²) in [6.45, 7) is 1.09. The molecular weight excluding hydrogens is 1020 g/mol. The van der Waals surface area contributed by atoms with Gasteiger partial charge in [0.05, 0.1) is 26.2 Å². The van der Waals surface area contributed by atoms with E-state index in [4.69, 9.17) is 15.3 Å². The van der Waals surface area contributed by atoms with Gasteiger partial charge < -0.3 is 67.9 Å². The molecule has 3 atom stereocenters. The third-order valence-electron chi connectivity index (χ3n) is 13.5. The molecule has 1 aliphatic carbocycles. The fourth-order valence-corrected chi connectivity index (χ4v) is 9.37. The van der Waals surface area contributed by atoms with Gasteiger partial charge in [0, 0.05) is 71.1 Å². The number of unbranched alkanes of at least 4 members (excludes halogenated alkanes) is 2. The van der Waals surface area contributed by atoms with Crippen molar-refractivity contribution in [2.24, 2.45) is 11.8 Å². The lowest BCUT2D eigenvalue weighted by molar-refractivity contribution is -0.141. The smallest absolute Gasteiger partial charge is 0.326 e. The number of carbonyl (C=O) groups is 10. The third kappa shape index (κ3) is 23.4. The van der Waals surface area contributed by atoms with Crippen LogP contribution in [0.4, 0.5) is 4.79 Å². The molecule has 0 spiro atoms. The minimum absolute atomic E-state index is 0.00114. The maximum Gasteiger partial charge on any atom is 0.326 e. The van der Waals surface area contributed by atoms with Gasteiger partial charge in [0.1, 0.15) is 18.1 Å². The zero-order valence-corrected chi connectivity index (χ0v) is 43.7. The topological polar surface area (TPSA) is 383 Å². The average molecular weight is 1090 g/mol. The van der Waals surface area contributed by atoms with Crippen molar-refractivity contribution < 1.29 is 78.6 Å². The third-order valence-corrected chi connectivity index (χ3v) is 13.5. The van der Waals surface area contributed by atoms with Crippen molar-refractivity contribution in [2.75, 3.05) is 78.5 Å². The number of nitrogens with one attached hydrogen (secondary N) is 7. The summed E-state index contributed by atoms with van der Waals surface area (Å²) in [5.74, 6) is -8.38. The number of fused-ring (bicyclic) bond motifs is 2. The lowest BCUT2D eigenvalue weighted by atomic mass is 9.81. The molecule has 1 aliphatic rings. The number of carboxylic acid groups (broad SMARTS) is 6. The van der Waals surface area contributed by atoms with Crippen LogP contribution in [0.3, 0.4) is 0 Å². The van der Waals surface area contributed by atoms with Crippen molar-refractivity contribution in [1.29, 1.82) is 0 Å². The average Bonchev–Trinajstić information content (AvgIpc) is 3.47. The molecule has 4 rings (SSSR count). The number of amides is 5. The molecule has 3 aromatic carbocycles. The molecule has 25 nitrogen and oxygen atoms in total. The summed E-state index contributed by atoms with van der Waals surface area (Å²) in [6.07, 6.45) is 3.12. The number of carboxylic acids is 6. The second-order valence-corrected chi connectivity index (χ2v) is 19.5. The van der Waals surface area contributed by atoms with Gasteiger partial charge >= 0.3 is 41.8 Å². The Balaban J connectivity index is 1.34. The molecule has 1 fully saturated rings. The number of urea groups is 1. The van der Waals surface area contributed by atoms with Crippen LogP contribution in [-0.4, -0.2) is 197 Å². The minimum atomic E-state index is -1.42. The first-order valence-corrected chi connectivity index (χ1v) is 26.3. The molecule has 3 aromatic rings. The predicted molar refractivity (Wildman–Crippen MR) is 285 cm³/mol. The summed E-state index contributed by atoms with van der Waals surface area (Å²) in [5, 5.41) is 78.2. The Morgan fingerprint density at radius 3 is 1.60 bits per heavy atom. The first kappa shape index (κ1) is 63.1. The van der Waals surface area contributed by atoms with Crippen LogP contribution in [0, 0.1) is 11.8 Å². The van der Waals surface area contributed by atoms with Gasteiger partial charge in [-0.05, 0) is 90.5 Å². The van der Waals surface area contributed by atoms with E-state index in [9.17, 15) is 63.3 Å². The van der Waals surface area contributed by atoms with E-state index in [1.54, 1.807) is 9.80 Å². The Bertz CT molecular complexity index is 2470. The molecule has 428 valence electrons. The zero-order chi connectivity index (χ0) is 57.0. The first-order valence-electron chi connectivity index (χ1n) is 26.3. The van der Waals surface area contributed by atoms with E-state index in [0.717, 1.165) is 27.1 Å². The zero-order valence-electron chi connectivity index (χ0n) is 43.7. The Morgan fingerprint density at radius 1 is 0.538 bits per heavy atom. The van der Waals surface area contributed by atoms with E-state index in [-0.39, 0.29) is 122 Å². The molecule has 0 heterocycles. The van der Waals surface area contributed by atoms with Crippen LogP contribution in [0.25, 0.3) is 21.5 Å². The van der Waals surface area contributed by atoms with Crippen LogP contribution in [0.15, 0.2) is 54.6 Å². The molecule has 0 unspecified atom stereocenters. The number of benzene rings is 3. The molecule has 5 amide bonds. The predicted octanol–water partition coefficient (Wildman–Crippen LogP) is 1.12. The highest BCUT2D eigenvalue weighted by molar-refractivity contribution is 6.03. The van der Waals surface area contributed by atoms with E-state index in [1.807, 2.05) is 48.5 Å². The van der Waals surface area contributed by atoms with E-state index >= 15 is 0 Å². The summed E-state index contributed by atoms with van der Waals surface area (Å²) in [6, 6.07) is 12.9. The second kappa shape index (κ2) is 33.6. The Morgan fingerprint density at radius 2 is 1.08 bits per heavy atom. The molecule has 78 heavy (non-hydrogen) atoms. The van der Waals surface area contributed by atoms with Gasteiger partial charge in [-0.15, -0.1) is 0 Å². The summed E-state index contributed by atoms with van der Waals surface area (Å²) >= 11 is 0. The van der Waals surface area contributed by atoms with Gasteiger partial charge in [0.2, 0.25) is 17.7 Å². The summed E-state index contributed by atoms with van der Waals surface area (Å²) in [4.78, 5) is 125. The largest absolute Gasteiger partial charge is 0.481 e. The van der Waals surface area contributed by atoms with Crippen LogP contribution in [0.5, 0.6) is 0 Å². The minimum Gasteiger partial charge on any atom is -0.481 e. The SMILES string of the molecule is O=C(O)CCC[C@H](NC(=O)N[C@@H](CCCCCNC(=O)[C@H](Cc1c2ccccc2cc2ccccc12)NC(=O)C1CCC(CNC(=O)CN(CCNCC(=O)O)CCN(CCNCC(=O)O)CC(=O)O)CC1)C(=O)O)C(=O)O. The quantitative estimate of drug-likeness (QED) is 0.0282. The van der Waals surface area contributed by atoms with Gasteiger partial charge in [-0.2, -0.15) is 0 Å². The molecule has 0 aromatic heterocycles. The molecule has 0 saturated heterocycles. The van der Waals surface area contributed by atoms with Crippen LogP contribution in [0.2, 0.25) is 0 Å². The molecule has 0 radical (unpaired) electrons. The first-order chi connectivity index (χ1) is 37.3. The summed E-state index contributed by atoms with van der Waals surface area (Å²) in [7, 11) is 0. The number of nitrogens with zero attached hydrogens (tertiary/aromatic N) is 2. The molecule has 25 heteroatoms. The number of carbonyl (C=O) groups excluding carboxylic acids is 4. The summed E-state index contributed by atoms with van der Waals surface area (Å²) in [5.41, 5.74) is 0.882. The Kier molecular flexibility index (Phi) is 27.2. The number of rotatable bonds is 38. The highest BCUT2D eigenvalue weighted by atomic mass is 16.4. The molecule has 0 aliphatic heterocycles.